The molecular weight excluding hydrogens is 298 g/mol. The van der Waals surface area contributed by atoms with Crippen LogP contribution in [-0.4, -0.2) is 38.7 Å². The Morgan fingerprint density at radius 1 is 1.09 bits per heavy atom. The number of carbonyl (C=O) groups is 2. The van der Waals surface area contributed by atoms with E-state index < -0.39 is 6.03 Å². The number of methoxy groups -OCH3 is 2. The summed E-state index contributed by atoms with van der Waals surface area (Å²) in [7, 11) is 3.14. The molecule has 0 saturated heterocycles. The van der Waals surface area contributed by atoms with Crippen molar-refractivity contribution in [2.75, 3.05) is 20.8 Å². The van der Waals surface area contributed by atoms with Crippen LogP contribution in [0.5, 0.6) is 11.5 Å². The van der Waals surface area contributed by atoms with E-state index in [1.54, 1.807) is 32.4 Å². The van der Waals surface area contributed by atoms with Crippen molar-refractivity contribution in [2.24, 2.45) is 0 Å². The van der Waals surface area contributed by atoms with E-state index in [2.05, 4.69) is 16.0 Å². The Balaban J connectivity index is 2.63. The number of urea groups is 1. The third kappa shape index (κ3) is 6.06. The van der Waals surface area contributed by atoms with Crippen molar-refractivity contribution in [1.82, 2.24) is 16.0 Å². The number of carbonyl (C=O) groups excluding carboxylic acids is 2. The number of benzene rings is 1. The zero-order valence-corrected chi connectivity index (χ0v) is 14.2. The van der Waals surface area contributed by atoms with Crippen molar-refractivity contribution in [3.8, 4) is 11.5 Å². The molecule has 3 amide bonds. The summed E-state index contributed by atoms with van der Waals surface area (Å²) in [6.45, 7) is 5.46. The molecule has 1 aromatic carbocycles. The first-order chi connectivity index (χ1) is 10.9. The highest BCUT2D eigenvalue weighted by atomic mass is 16.5. The Morgan fingerprint density at radius 2 is 1.78 bits per heavy atom. The number of ether oxygens (including phenoxy) is 2. The summed E-state index contributed by atoms with van der Waals surface area (Å²) < 4.78 is 10.5. The summed E-state index contributed by atoms with van der Waals surface area (Å²) in [6.07, 6.45) is 0. The number of rotatable bonds is 7. The van der Waals surface area contributed by atoms with Crippen molar-refractivity contribution in [3.63, 3.8) is 0 Å². The lowest BCUT2D eigenvalue weighted by Gasteiger charge is -2.18. The van der Waals surface area contributed by atoms with Gasteiger partial charge in [-0.1, -0.05) is 0 Å². The van der Waals surface area contributed by atoms with Crippen LogP contribution in [0.1, 0.15) is 32.4 Å². The van der Waals surface area contributed by atoms with Gasteiger partial charge >= 0.3 is 6.03 Å². The Morgan fingerprint density at radius 3 is 2.35 bits per heavy atom. The average molecular weight is 323 g/mol. The Bertz CT molecular complexity index is 546. The first-order valence-electron chi connectivity index (χ1n) is 7.43. The Hall–Kier alpha value is -2.44. The van der Waals surface area contributed by atoms with E-state index in [1.807, 2.05) is 20.8 Å². The van der Waals surface area contributed by atoms with Crippen LogP contribution < -0.4 is 25.4 Å². The van der Waals surface area contributed by atoms with E-state index in [-0.39, 0.29) is 24.5 Å². The molecule has 1 aromatic rings. The van der Waals surface area contributed by atoms with E-state index in [0.29, 0.717) is 11.5 Å². The molecule has 0 aliphatic rings. The van der Waals surface area contributed by atoms with Gasteiger partial charge in [0.1, 0.15) is 11.5 Å². The van der Waals surface area contributed by atoms with Crippen molar-refractivity contribution < 1.29 is 19.1 Å². The van der Waals surface area contributed by atoms with E-state index in [0.717, 1.165) is 5.56 Å². The van der Waals surface area contributed by atoms with Crippen LogP contribution >= 0.6 is 0 Å². The smallest absolute Gasteiger partial charge is 0.315 e. The van der Waals surface area contributed by atoms with Gasteiger partial charge in [0.25, 0.3) is 0 Å². The van der Waals surface area contributed by atoms with Crippen molar-refractivity contribution >= 4 is 11.9 Å². The summed E-state index contributed by atoms with van der Waals surface area (Å²) in [5.74, 6) is 1.09. The molecule has 1 atom stereocenters. The quantitative estimate of drug-likeness (QED) is 0.711. The fourth-order valence-electron chi connectivity index (χ4n) is 2.04. The summed E-state index contributed by atoms with van der Waals surface area (Å²) in [5, 5.41) is 7.98. The van der Waals surface area contributed by atoms with Crippen molar-refractivity contribution in [1.29, 1.82) is 0 Å². The van der Waals surface area contributed by atoms with Crippen LogP contribution in [0.2, 0.25) is 0 Å². The van der Waals surface area contributed by atoms with Crippen LogP contribution in [0.3, 0.4) is 0 Å². The van der Waals surface area contributed by atoms with Crippen LogP contribution in [0.15, 0.2) is 18.2 Å². The van der Waals surface area contributed by atoms with Gasteiger partial charge in [-0.25, -0.2) is 4.79 Å². The predicted molar refractivity (Wildman–Crippen MR) is 87.8 cm³/mol. The van der Waals surface area contributed by atoms with Crippen LogP contribution in [0.25, 0.3) is 0 Å². The Kier molecular flexibility index (Phi) is 7.18. The highest BCUT2D eigenvalue weighted by Crippen LogP contribution is 2.29. The molecule has 1 rings (SSSR count). The third-order valence-corrected chi connectivity index (χ3v) is 3.11. The second-order valence-electron chi connectivity index (χ2n) is 5.38. The highest BCUT2D eigenvalue weighted by molar-refractivity contribution is 5.84. The van der Waals surface area contributed by atoms with Gasteiger partial charge < -0.3 is 25.4 Å². The summed E-state index contributed by atoms with van der Waals surface area (Å²) in [5.41, 5.74) is 0.786. The second kappa shape index (κ2) is 8.87. The first-order valence-corrected chi connectivity index (χ1v) is 7.43. The molecule has 0 saturated carbocycles. The first kappa shape index (κ1) is 18.6. The van der Waals surface area contributed by atoms with Crippen molar-refractivity contribution in [2.45, 2.75) is 32.9 Å². The van der Waals surface area contributed by atoms with Gasteiger partial charge in [-0.05, 0) is 39.0 Å². The lowest BCUT2D eigenvalue weighted by Crippen LogP contribution is -2.44. The monoisotopic (exact) mass is 323 g/mol. The summed E-state index contributed by atoms with van der Waals surface area (Å²) >= 11 is 0. The minimum atomic E-state index is -0.429. The molecule has 7 nitrogen and oxygen atoms in total. The lowest BCUT2D eigenvalue weighted by atomic mass is 10.1. The molecule has 0 radical (unpaired) electrons. The molecule has 0 spiro atoms. The van der Waals surface area contributed by atoms with Gasteiger partial charge in [0, 0.05) is 11.6 Å². The minimum absolute atomic E-state index is 0.0346. The largest absolute Gasteiger partial charge is 0.497 e. The molecule has 7 heteroatoms. The number of hydrogen-bond acceptors (Lipinski definition) is 4. The minimum Gasteiger partial charge on any atom is -0.497 e. The molecule has 23 heavy (non-hydrogen) atoms. The SMILES string of the molecule is COc1ccc(OC)c([C@H](C)NC(=O)NCC(=O)NC(C)C)c1. The van der Waals surface area contributed by atoms with Crippen molar-refractivity contribution in [3.05, 3.63) is 23.8 Å². The van der Waals surface area contributed by atoms with Gasteiger partial charge in [-0.2, -0.15) is 0 Å². The van der Waals surface area contributed by atoms with E-state index in [4.69, 9.17) is 9.47 Å². The molecule has 0 unspecified atom stereocenters. The van der Waals surface area contributed by atoms with Crippen LogP contribution in [0.4, 0.5) is 4.79 Å². The Labute approximate surface area is 136 Å². The molecule has 0 fully saturated rings. The standard InChI is InChI=1S/C16H25N3O4/c1-10(2)18-15(20)9-17-16(21)19-11(3)13-8-12(22-4)6-7-14(13)23-5/h6-8,10-11H,9H2,1-5H3,(H,18,20)(H2,17,19,21)/t11-/m0/s1. The van der Waals surface area contributed by atoms with Crippen LogP contribution in [-0.2, 0) is 4.79 Å². The summed E-state index contributed by atoms with van der Waals surface area (Å²) in [6, 6.07) is 4.66. The van der Waals surface area contributed by atoms with Crippen LogP contribution in [0, 0.1) is 0 Å². The molecule has 0 aromatic heterocycles. The summed E-state index contributed by atoms with van der Waals surface area (Å²) in [4.78, 5) is 23.4. The fourth-order valence-corrected chi connectivity index (χ4v) is 2.04. The predicted octanol–water partition coefficient (Wildman–Crippen LogP) is 1.59. The highest BCUT2D eigenvalue weighted by Gasteiger charge is 2.15. The maximum atomic E-state index is 11.9. The second-order valence-corrected chi connectivity index (χ2v) is 5.38. The fraction of sp³-hybridized carbons (Fsp3) is 0.500. The average Bonchev–Trinajstić information content (AvgIpc) is 2.51. The molecule has 0 heterocycles. The molecule has 0 bridgehead atoms. The van der Waals surface area contributed by atoms with E-state index >= 15 is 0 Å². The van der Waals surface area contributed by atoms with E-state index in [1.165, 1.54) is 0 Å². The van der Waals surface area contributed by atoms with Gasteiger partial charge in [0.05, 0.1) is 26.8 Å². The zero-order valence-electron chi connectivity index (χ0n) is 14.2. The molecular formula is C16H25N3O4. The zero-order chi connectivity index (χ0) is 17.4. The lowest BCUT2D eigenvalue weighted by molar-refractivity contribution is -0.120. The molecule has 0 aliphatic heterocycles. The maximum absolute atomic E-state index is 11.9. The van der Waals surface area contributed by atoms with Gasteiger partial charge in [0.15, 0.2) is 0 Å². The molecule has 3 N–H and O–H groups in total. The van der Waals surface area contributed by atoms with Gasteiger partial charge in [-0.3, -0.25) is 4.79 Å². The topological polar surface area (TPSA) is 88.7 Å². The number of amides is 3. The normalized spacial score (nSPS) is 11.6. The molecule has 0 aliphatic carbocycles. The van der Waals surface area contributed by atoms with Gasteiger partial charge in [-0.15, -0.1) is 0 Å². The third-order valence-electron chi connectivity index (χ3n) is 3.11. The van der Waals surface area contributed by atoms with E-state index in [9.17, 15) is 9.59 Å². The number of hydrogen-bond donors (Lipinski definition) is 3. The maximum Gasteiger partial charge on any atom is 0.315 e. The number of nitrogens with one attached hydrogen (secondary N) is 3. The molecule has 128 valence electrons. The van der Waals surface area contributed by atoms with Gasteiger partial charge in [0.2, 0.25) is 5.91 Å².